The van der Waals surface area contributed by atoms with Gasteiger partial charge in [-0.15, -0.1) is 6.58 Å². The molecular weight excluding hydrogens is 150 g/mol. The zero-order valence-electron chi connectivity index (χ0n) is 7.42. The Morgan fingerprint density at radius 2 is 2.42 bits per heavy atom. The van der Waals surface area contributed by atoms with Gasteiger partial charge in [-0.2, -0.15) is 0 Å². The van der Waals surface area contributed by atoms with Crippen LogP contribution in [0.5, 0.6) is 0 Å². The van der Waals surface area contributed by atoms with Crippen molar-refractivity contribution in [3.05, 3.63) is 36.3 Å². The van der Waals surface area contributed by atoms with Crippen molar-refractivity contribution in [3.63, 3.8) is 0 Å². The van der Waals surface area contributed by atoms with Gasteiger partial charge in [0.05, 0.1) is 6.04 Å². The molecule has 0 aromatic carbocycles. The van der Waals surface area contributed by atoms with Crippen LogP contribution >= 0.6 is 0 Å². The van der Waals surface area contributed by atoms with Gasteiger partial charge in [0, 0.05) is 6.42 Å². The van der Waals surface area contributed by atoms with Crippen molar-refractivity contribution in [1.82, 2.24) is 0 Å². The number of furan rings is 1. The Morgan fingerprint density at radius 1 is 1.67 bits per heavy atom. The van der Waals surface area contributed by atoms with Crippen LogP contribution in [0, 0.1) is 0 Å². The van der Waals surface area contributed by atoms with Crippen LogP contribution in [0.15, 0.2) is 29.2 Å². The predicted octanol–water partition coefficient (Wildman–Crippen LogP) is 2.42. The standard InChI is InChI=1S/C10H15NO/c1-3-5-9(11)10-7-6-8(4-2)12-10/h3,6-7,9H,1,4-5,11H2,2H3. The van der Waals surface area contributed by atoms with Gasteiger partial charge >= 0.3 is 0 Å². The zero-order valence-corrected chi connectivity index (χ0v) is 7.42. The summed E-state index contributed by atoms with van der Waals surface area (Å²) in [5.74, 6) is 1.84. The lowest BCUT2D eigenvalue weighted by atomic mass is 10.2. The van der Waals surface area contributed by atoms with Crippen molar-refractivity contribution in [2.75, 3.05) is 0 Å². The van der Waals surface area contributed by atoms with E-state index in [1.54, 1.807) is 6.08 Å². The quantitative estimate of drug-likeness (QED) is 0.696. The highest BCUT2D eigenvalue weighted by Gasteiger charge is 2.07. The van der Waals surface area contributed by atoms with E-state index in [2.05, 4.69) is 13.5 Å². The van der Waals surface area contributed by atoms with Crippen LogP contribution in [0.25, 0.3) is 0 Å². The number of hydrogen-bond acceptors (Lipinski definition) is 2. The first-order valence-corrected chi connectivity index (χ1v) is 4.23. The van der Waals surface area contributed by atoms with Gasteiger partial charge in [0.1, 0.15) is 11.5 Å². The molecule has 1 aromatic heterocycles. The summed E-state index contributed by atoms with van der Waals surface area (Å²) >= 11 is 0. The van der Waals surface area contributed by atoms with Crippen LogP contribution in [-0.2, 0) is 6.42 Å². The van der Waals surface area contributed by atoms with E-state index in [9.17, 15) is 0 Å². The Hall–Kier alpha value is -1.02. The fraction of sp³-hybridized carbons (Fsp3) is 0.400. The van der Waals surface area contributed by atoms with E-state index in [0.29, 0.717) is 0 Å². The van der Waals surface area contributed by atoms with E-state index in [4.69, 9.17) is 10.2 Å². The third kappa shape index (κ3) is 1.98. The average molecular weight is 165 g/mol. The molecule has 1 rings (SSSR count). The van der Waals surface area contributed by atoms with E-state index in [0.717, 1.165) is 24.4 Å². The van der Waals surface area contributed by atoms with Gasteiger partial charge in [-0.3, -0.25) is 0 Å². The minimum atomic E-state index is -0.0391. The lowest BCUT2D eigenvalue weighted by Crippen LogP contribution is -2.07. The molecule has 0 saturated carbocycles. The van der Waals surface area contributed by atoms with Gasteiger partial charge in [0.15, 0.2) is 0 Å². The highest BCUT2D eigenvalue weighted by atomic mass is 16.3. The molecule has 1 aromatic rings. The second-order valence-corrected chi connectivity index (χ2v) is 2.79. The Morgan fingerprint density at radius 3 is 2.92 bits per heavy atom. The predicted molar refractivity (Wildman–Crippen MR) is 49.8 cm³/mol. The minimum absolute atomic E-state index is 0.0391. The molecule has 0 radical (unpaired) electrons. The lowest BCUT2D eigenvalue weighted by molar-refractivity contribution is 0.437. The zero-order chi connectivity index (χ0) is 8.97. The smallest absolute Gasteiger partial charge is 0.121 e. The minimum Gasteiger partial charge on any atom is -0.464 e. The Kier molecular flexibility index (Phi) is 3.11. The molecule has 0 spiro atoms. The van der Waals surface area contributed by atoms with Crippen LogP contribution < -0.4 is 5.73 Å². The molecule has 0 aliphatic carbocycles. The van der Waals surface area contributed by atoms with Gasteiger partial charge in [-0.1, -0.05) is 13.0 Å². The molecule has 2 heteroatoms. The molecule has 0 bridgehead atoms. The largest absolute Gasteiger partial charge is 0.464 e. The highest BCUT2D eigenvalue weighted by Crippen LogP contribution is 2.17. The monoisotopic (exact) mass is 165 g/mol. The van der Waals surface area contributed by atoms with E-state index < -0.39 is 0 Å². The van der Waals surface area contributed by atoms with Gasteiger partial charge in [-0.05, 0) is 18.6 Å². The van der Waals surface area contributed by atoms with Crippen LogP contribution in [0.2, 0.25) is 0 Å². The molecule has 0 saturated heterocycles. The van der Waals surface area contributed by atoms with E-state index in [-0.39, 0.29) is 6.04 Å². The van der Waals surface area contributed by atoms with Crippen molar-refractivity contribution in [1.29, 1.82) is 0 Å². The van der Waals surface area contributed by atoms with Crippen LogP contribution in [0.1, 0.15) is 30.9 Å². The second-order valence-electron chi connectivity index (χ2n) is 2.79. The number of aryl methyl sites for hydroxylation is 1. The van der Waals surface area contributed by atoms with Gasteiger partial charge in [0.2, 0.25) is 0 Å². The van der Waals surface area contributed by atoms with Crippen molar-refractivity contribution >= 4 is 0 Å². The molecule has 2 nitrogen and oxygen atoms in total. The second kappa shape index (κ2) is 4.12. The third-order valence-corrected chi connectivity index (χ3v) is 1.82. The molecule has 66 valence electrons. The molecule has 2 N–H and O–H groups in total. The summed E-state index contributed by atoms with van der Waals surface area (Å²) in [4.78, 5) is 0. The molecule has 0 fully saturated rings. The molecule has 1 atom stereocenters. The van der Waals surface area contributed by atoms with Gasteiger partial charge in [-0.25, -0.2) is 0 Å². The first kappa shape index (κ1) is 9.07. The summed E-state index contributed by atoms with van der Waals surface area (Å²) in [7, 11) is 0. The fourth-order valence-electron chi connectivity index (χ4n) is 1.08. The summed E-state index contributed by atoms with van der Waals surface area (Å²) in [5.41, 5.74) is 5.81. The Balaban J connectivity index is 2.67. The summed E-state index contributed by atoms with van der Waals surface area (Å²) in [5, 5.41) is 0. The number of rotatable bonds is 4. The van der Waals surface area contributed by atoms with Crippen molar-refractivity contribution in [2.24, 2.45) is 5.73 Å². The van der Waals surface area contributed by atoms with E-state index in [1.165, 1.54) is 0 Å². The maximum Gasteiger partial charge on any atom is 0.121 e. The summed E-state index contributed by atoms with van der Waals surface area (Å²) < 4.78 is 5.47. The van der Waals surface area contributed by atoms with E-state index >= 15 is 0 Å². The average Bonchev–Trinajstić information content (AvgIpc) is 2.52. The summed E-state index contributed by atoms with van der Waals surface area (Å²) in [6, 6.07) is 3.87. The van der Waals surface area contributed by atoms with Gasteiger partial charge < -0.3 is 10.2 Å². The normalized spacial score (nSPS) is 12.8. The maximum atomic E-state index is 5.81. The molecule has 12 heavy (non-hydrogen) atoms. The van der Waals surface area contributed by atoms with Crippen molar-refractivity contribution in [3.8, 4) is 0 Å². The molecule has 1 unspecified atom stereocenters. The molecule has 0 amide bonds. The SMILES string of the molecule is C=CCC(N)c1ccc(CC)o1. The fourth-order valence-corrected chi connectivity index (χ4v) is 1.08. The Bertz CT molecular complexity index is 252. The van der Waals surface area contributed by atoms with Crippen LogP contribution in [0.4, 0.5) is 0 Å². The molecule has 0 aliphatic heterocycles. The molecule has 1 heterocycles. The van der Waals surface area contributed by atoms with E-state index in [1.807, 2.05) is 12.1 Å². The molecule has 0 aliphatic rings. The summed E-state index contributed by atoms with van der Waals surface area (Å²) in [6.07, 6.45) is 3.48. The summed E-state index contributed by atoms with van der Waals surface area (Å²) in [6.45, 7) is 5.69. The highest BCUT2D eigenvalue weighted by molar-refractivity contribution is 5.11. The number of hydrogen-bond donors (Lipinski definition) is 1. The first-order valence-electron chi connectivity index (χ1n) is 4.23. The maximum absolute atomic E-state index is 5.81. The molecular formula is C10H15NO. The first-order chi connectivity index (χ1) is 5.77. The topological polar surface area (TPSA) is 39.2 Å². The van der Waals surface area contributed by atoms with Gasteiger partial charge in [0.25, 0.3) is 0 Å². The third-order valence-electron chi connectivity index (χ3n) is 1.82. The number of nitrogens with two attached hydrogens (primary N) is 1. The lowest BCUT2D eigenvalue weighted by Gasteiger charge is -2.03. The van der Waals surface area contributed by atoms with Crippen molar-refractivity contribution in [2.45, 2.75) is 25.8 Å². The van der Waals surface area contributed by atoms with Crippen LogP contribution in [-0.4, -0.2) is 0 Å². The van der Waals surface area contributed by atoms with Crippen molar-refractivity contribution < 1.29 is 4.42 Å². The Labute approximate surface area is 73.1 Å². The van der Waals surface area contributed by atoms with Crippen LogP contribution in [0.3, 0.4) is 0 Å².